The van der Waals surface area contributed by atoms with Crippen molar-refractivity contribution in [2.75, 3.05) is 11.9 Å². The highest BCUT2D eigenvalue weighted by Crippen LogP contribution is 2.26. The minimum atomic E-state index is -0.298. The minimum absolute atomic E-state index is 0.298. The zero-order chi connectivity index (χ0) is 18.8. The van der Waals surface area contributed by atoms with Crippen molar-refractivity contribution in [1.82, 2.24) is 19.8 Å². The number of nitrogens with zero attached hydrogens (tertiary/aromatic N) is 4. The van der Waals surface area contributed by atoms with E-state index in [0.717, 1.165) is 5.56 Å². The van der Waals surface area contributed by atoms with Gasteiger partial charge in [0.1, 0.15) is 5.75 Å². The number of benzene rings is 2. The summed E-state index contributed by atoms with van der Waals surface area (Å²) in [6.07, 6.45) is 0. The first-order valence-electron chi connectivity index (χ1n) is 8.17. The van der Waals surface area contributed by atoms with Crippen molar-refractivity contribution >= 4 is 38.9 Å². The van der Waals surface area contributed by atoms with Crippen molar-refractivity contribution in [3.05, 3.63) is 59.1 Å². The fraction of sp³-hybridized carbons (Fsp3) is 0.111. The fourth-order valence-corrected chi connectivity index (χ4v) is 3.50. The molecule has 0 fully saturated rings. The van der Waals surface area contributed by atoms with Gasteiger partial charge in [-0.2, -0.15) is 4.52 Å². The topological polar surface area (TPSA) is 81.4 Å². The van der Waals surface area contributed by atoms with Crippen LogP contribution in [0.1, 0.15) is 17.3 Å². The zero-order valence-corrected chi connectivity index (χ0v) is 15.8. The zero-order valence-electron chi connectivity index (χ0n) is 14.2. The minimum Gasteiger partial charge on any atom is -0.493 e. The fourth-order valence-electron chi connectivity index (χ4n) is 2.58. The van der Waals surface area contributed by atoms with Crippen molar-refractivity contribution in [1.29, 1.82) is 0 Å². The molecule has 0 spiro atoms. The first-order valence-corrected chi connectivity index (χ1v) is 9.36. The summed E-state index contributed by atoms with van der Waals surface area (Å²) in [4.78, 5) is 13.2. The van der Waals surface area contributed by atoms with Gasteiger partial charge in [-0.1, -0.05) is 47.2 Å². The molecule has 136 valence electrons. The van der Waals surface area contributed by atoms with Crippen LogP contribution in [0.25, 0.3) is 16.3 Å². The largest absolute Gasteiger partial charge is 0.493 e. The first kappa shape index (κ1) is 17.4. The van der Waals surface area contributed by atoms with Crippen LogP contribution in [0.5, 0.6) is 5.75 Å². The molecule has 0 bridgehead atoms. The summed E-state index contributed by atoms with van der Waals surface area (Å²) in [7, 11) is 0. The van der Waals surface area contributed by atoms with E-state index in [1.165, 1.54) is 11.3 Å². The van der Waals surface area contributed by atoms with Crippen molar-refractivity contribution in [3.8, 4) is 17.1 Å². The van der Waals surface area contributed by atoms with E-state index in [4.69, 9.17) is 16.3 Å². The number of hydrogen-bond acceptors (Lipinski definition) is 6. The maximum absolute atomic E-state index is 12.6. The maximum Gasteiger partial charge on any atom is 0.261 e. The number of anilines is 1. The van der Waals surface area contributed by atoms with Gasteiger partial charge in [-0.25, -0.2) is 0 Å². The van der Waals surface area contributed by atoms with Crippen molar-refractivity contribution in [2.24, 2.45) is 0 Å². The lowest BCUT2D eigenvalue weighted by Crippen LogP contribution is -2.13. The number of aromatic nitrogens is 4. The normalized spacial score (nSPS) is 10.9. The van der Waals surface area contributed by atoms with Gasteiger partial charge in [0.25, 0.3) is 5.91 Å². The highest BCUT2D eigenvalue weighted by Gasteiger charge is 2.17. The van der Waals surface area contributed by atoms with Gasteiger partial charge in [-0.15, -0.1) is 15.3 Å². The molecule has 2 aromatic heterocycles. The predicted molar refractivity (Wildman–Crippen MR) is 105 cm³/mol. The quantitative estimate of drug-likeness (QED) is 0.545. The lowest BCUT2D eigenvalue weighted by atomic mass is 10.2. The molecular formula is C18H14ClN5O2S. The van der Waals surface area contributed by atoms with Crippen LogP contribution in [0.2, 0.25) is 5.02 Å². The molecule has 0 aliphatic carbocycles. The van der Waals surface area contributed by atoms with Gasteiger partial charge in [-0.05, 0) is 31.2 Å². The van der Waals surface area contributed by atoms with E-state index >= 15 is 0 Å². The van der Waals surface area contributed by atoms with Crippen molar-refractivity contribution < 1.29 is 9.53 Å². The number of hydrogen-bond donors (Lipinski definition) is 1. The second kappa shape index (κ2) is 7.34. The molecule has 0 radical (unpaired) electrons. The van der Waals surface area contributed by atoms with Gasteiger partial charge in [-0.3, -0.25) is 10.1 Å². The molecule has 9 heteroatoms. The van der Waals surface area contributed by atoms with Gasteiger partial charge in [0, 0.05) is 10.6 Å². The lowest BCUT2D eigenvalue weighted by Gasteiger charge is -2.08. The number of halogens is 1. The second-order valence-electron chi connectivity index (χ2n) is 5.52. The molecule has 0 aliphatic rings. The third-order valence-corrected chi connectivity index (χ3v) is 4.77. The maximum atomic E-state index is 12.6. The molecule has 2 heterocycles. The number of carbonyl (C=O) groups excluding carboxylic acids is 1. The molecule has 0 saturated carbocycles. The van der Waals surface area contributed by atoms with Crippen LogP contribution in [0.3, 0.4) is 0 Å². The molecule has 4 rings (SSSR count). The highest BCUT2D eigenvalue weighted by molar-refractivity contribution is 7.20. The average molecular weight is 400 g/mol. The van der Waals surface area contributed by atoms with Crippen LogP contribution in [0, 0.1) is 0 Å². The van der Waals surface area contributed by atoms with E-state index in [1.807, 2.05) is 25.1 Å². The van der Waals surface area contributed by atoms with Crippen LogP contribution in [0.4, 0.5) is 5.13 Å². The van der Waals surface area contributed by atoms with Gasteiger partial charge in [0.2, 0.25) is 10.1 Å². The van der Waals surface area contributed by atoms with E-state index < -0.39 is 0 Å². The smallest absolute Gasteiger partial charge is 0.261 e. The second-order valence-corrected chi connectivity index (χ2v) is 6.91. The Kier molecular flexibility index (Phi) is 4.74. The van der Waals surface area contributed by atoms with Crippen LogP contribution in [-0.2, 0) is 0 Å². The molecule has 27 heavy (non-hydrogen) atoms. The summed E-state index contributed by atoms with van der Waals surface area (Å²) in [5.41, 5.74) is 1.24. The number of amides is 1. The Morgan fingerprint density at radius 2 is 2.07 bits per heavy atom. The van der Waals surface area contributed by atoms with E-state index in [1.54, 1.807) is 34.8 Å². The van der Waals surface area contributed by atoms with Gasteiger partial charge in [0.15, 0.2) is 5.82 Å². The number of nitrogens with one attached hydrogen (secondary N) is 1. The van der Waals surface area contributed by atoms with Gasteiger partial charge >= 0.3 is 0 Å². The van der Waals surface area contributed by atoms with E-state index in [9.17, 15) is 4.79 Å². The van der Waals surface area contributed by atoms with Crippen LogP contribution in [-0.4, -0.2) is 32.3 Å². The van der Waals surface area contributed by atoms with Crippen LogP contribution in [0.15, 0.2) is 48.5 Å². The molecule has 4 aromatic rings. The summed E-state index contributed by atoms with van der Waals surface area (Å²) in [5, 5.41) is 16.5. The van der Waals surface area contributed by atoms with E-state index in [2.05, 4.69) is 20.6 Å². The highest BCUT2D eigenvalue weighted by atomic mass is 35.5. The Labute approximate surface area is 163 Å². The molecule has 0 aliphatic heterocycles. The number of fused-ring (bicyclic) bond motifs is 1. The summed E-state index contributed by atoms with van der Waals surface area (Å²) < 4.78 is 7.09. The van der Waals surface area contributed by atoms with Crippen LogP contribution < -0.4 is 10.1 Å². The molecular weight excluding hydrogens is 386 g/mol. The third kappa shape index (κ3) is 3.49. The Morgan fingerprint density at radius 3 is 2.89 bits per heavy atom. The van der Waals surface area contributed by atoms with Crippen LogP contribution >= 0.6 is 22.9 Å². The van der Waals surface area contributed by atoms with E-state index in [-0.39, 0.29) is 5.91 Å². The Balaban J connectivity index is 1.63. The summed E-state index contributed by atoms with van der Waals surface area (Å²) in [5.74, 6) is 0.785. The SMILES string of the molecule is CCOc1ccccc1C(=O)Nc1nn2c(-c3cccc(Cl)c3)nnc2s1. The average Bonchev–Trinajstić information content (AvgIpc) is 3.22. The van der Waals surface area contributed by atoms with Gasteiger partial charge < -0.3 is 4.74 Å². The Bertz CT molecular complexity index is 1120. The third-order valence-electron chi connectivity index (χ3n) is 3.73. The molecule has 2 aromatic carbocycles. The molecule has 7 nitrogen and oxygen atoms in total. The molecule has 0 saturated heterocycles. The van der Waals surface area contributed by atoms with Crippen molar-refractivity contribution in [3.63, 3.8) is 0 Å². The monoisotopic (exact) mass is 399 g/mol. The summed E-state index contributed by atoms with van der Waals surface area (Å²) in [6, 6.07) is 14.3. The number of carbonyl (C=O) groups is 1. The molecule has 0 unspecified atom stereocenters. The number of ether oxygens (including phenoxy) is 1. The van der Waals surface area contributed by atoms with E-state index in [0.29, 0.717) is 38.9 Å². The molecule has 1 N–H and O–H groups in total. The number of rotatable bonds is 5. The standard InChI is InChI=1S/C18H14ClN5O2S/c1-2-26-14-9-4-3-8-13(14)16(25)20-17-23-24-15(21-22-18(24)27-17)11-6-5-7-12(19)10-11/h3-10H,2H2,1H3,(H,20,23,25). The summed E-state index contributed by atoms with van der Waals surface area (Å²) in [6.45, 7) is 2.35. The van der Waals surface area contributed by atoms with Crippen molar-refractivity contribution in [2.45, 2.75) is 6.92 Å². The molecule has 0 atom stereocenters. The predicted octanol–water partition coefficient (Wildman–Crippen LogP) is 4.16. The van der Waals surface area contributed by atoms with Gasteiger partial charge in [0.05, 0.1) is 12.2 Å². The molecule has 1 amide bonds. The lowest BCUT2D eigenvalue weighted by molar-refractivity contribution is 0.102. The Morgan fingerprint density at radius 1 is 1.22 bits per heavy atom. The summed E-state index contributed by atoms with van der Waals surface area (Å²) >= 11 is 7.28. The first-order chi connectivity index (χ1) is 13.2. The Hall–Kier alpha value is -2.97. The number of para-hydroxylation sites is 1.